The number of anilines is 1. The number of carbonyl (C=O) groups excluding carboxylic acids is 3. The molecule has 0 heterocycles. The molecule has 0 aliphatic carbocycles. The van der Waals surface area contributed by atoms with Gasteiger partial charge in [0.15, 0.2) is 0 Å². The van der Waals surface area contributed by atoms with Crippen molar-refractivity contribution in [2.75, 3.05) is 24.6 Å². The number of hydroxylamine groups is 1. The van der Waals surface area contributed by atoms with E-state index in [1.165, 1.54) is 29.2 Å². The van der Waals surface area contributed by atoms with Crippen molar-refractivity contribution in [1.82, 2.24) is 10.4 Å². The van der Waals surface area contributed by atoms with Crippen LogP contribution in [0.15, 0.2) is 66.7 Å². The first-order chi connectivity index (χ1) is 16.3. The van der Waals surface area contributed by atoms with Crippen molar-refractivity contribution in [1.29, 1.82) is 0 Å². The zero-order chi connectivity index (χ0) is 24.8. The Hall–Kier alpha value is -3.43. The summed E-state index contributed by atoms with van der Waals surface area (Å²) < 4.78 is 0.876. The summed E-state index contributed by atoms with van der Waals surface area (Å²) >= 11 is 12.6. The summed E-state index contributed by atoms with van der Waals surface area (Å²) in [6, 6.07) is 17.4. The predicted octanol–water partition coefficient (Wildman–Crippen LogP) is 3.99. The fourth-order valence-electron chi connectivity index (χ4n) is 3.22. The minimum atomic E-state index is -0.668. The van der Waals surface area contributed by atoms with Crippen LogP contribution in [0.5, 0.6) is 0 Å². The Bertz CT molecular complexity index is 1220. The van der Waals surface area contributed by atoms with Crippen LogP contribution in [-0.2, 0) is 0 Å². The Labute approximate surface area is 206 Å². The van der Waals surface area contributed by atoms with Gasteiger partial charge in [0, 0.05) is 36.5 Å². The molecule has 0 radical (unpaired) electrons. The molecular formula is C24H21Cl2N3O5. The van der Waals surface area contributed by atoms with Crippen molar-refractivity contribution >= 4 is 46.8 Å². The minimum absolute atomic E-state index is 0.118. The number of hydrogen-bond acceptors (Lipinski definition) is 5. The second-order valence-corrected chi connectivity index (χ2v) is 8.05. The number of aliphatic hydroxyl groups is 1. The van der Waals surface area contributed by atoms with Crippen LogP contribution in [0.4, 0.5) is 5.69 Å². The van der Waals surface area contributed by atoms with E-state index in [1.807, 2.05) is 0 Å². The van der Waals surface area contributed by atoms with Gasteiger partial charge in [-0.25, -0.2) is 9.90 Å². The van der Waals surface area contributed by atoms with Crippen LogP contribution in [0, 0.1) is 0 Å². The SMILES string of the molecule is CN(CCO)C(=O)c1cc(-c2ccc(C(=O)NO)cc2)cc(N(Cl)C(=O)c2ccccc2Cl)c1. The standard InChI is InChI=1S/C24H21Cl2N3O5/c1-28(10-11-30)23(32)18-12-17(15-6-8-16(9-7-15)22(31)27-34)13-19(14-18)29(26)24(33)20-4-2-3-5-21(20)25/h2-9,12-14,30,34H,10-11H2,1H3,(H,27,31). The quantitative estimate of drug-likeness (QED) is 0.257. The number of carbonyl (C=O) groups is 3. The van der Waals surface area contributed by atoms with Crippen LogP contribution in [0.3, 0.4) is 0 Å². The number of likely N-dealkylation sites (N-methyl/N-ethyl adjacent to an activating group) is 1. The van der Waals surface area contributed by atoms with Crippen molar-refractivity contribution in [2.24, 2.45) is 0 Å². The Kier molecular flexibility index (Phi) is 8.25. The summed E-state index contributed by atoms with van der Waals surface area (Å²) in [7, 11) is 1.54. The summed E-state index contributed by atoms with van der Waals surface area (Å²) in [5, 5.41) is 18.2. The maximum absolute atomic E-state index is 13.0. The third-order valence-corrected chi connectivity index (χ3v) is 5.72. The first kappa shape index (κ1) is 25.2. The third-order valence-electron chi connectivity index (χ3n) is 5.04. The molecule has 3 rings (SSSR count). The van der Waals surface area contributed by atoms with E-state index in [4.69, 9.17) is 28.6 Å². The molecule has 0 aliphatic heterocycles. The lowest BCUT2D eigenvalue weighted by Gasteiger charge is -2.20. The number of rotatable bonds is 7. The maximum atomic E-state index is 13.0. The van der Waals surface area contributed by atoms with Crippen molar-refractivity contribution in [3.8, 4) is 11.1 Å². The van der Waals surface area contributed by atoms with Crippen LogP contribution in [0.1, 0.15) is 31.1 Å². The molecule has 8 nitrogen and oxygen atoms in total. The molecule has 3 aromatic carbocycles. The van der Waals surface area contributed by atoms with E-state index in [0.717, 1.165) is 4.42 Å². The zero-order valence-corrected chi connectivity index (χ0v) is 19.5. The first-order valence-corrected chi connectivity index (χ1v) is 10.8. The normalized spacial score (nSPS) is 10.5. The lowest BCUT2D eigenvalue weighted by atomic mass is 10.00. The first-order valence-electron chi connectivity index (χ1n) is 10.1. The highest BCUT2D eigenvalue weighted by Gasteiger charge is 2.22. The van der Waals surface area contributed by atoms with Gasteiger partial charge in [-0.1, -0.05) is 35.9 Å². The molecule has 0 saturated heterocycles. The molecule has 34 heavy (non-hydrogen) atoms. The lowest BCUT2D eigenvalue weighted by molar-refractivity contribution is 0.0706. The predicted molar refractivity (Wildman–Crippen MR) is 129 cm³/mol. The van der Waals surface area contributed by atoms with Crippen LogP contribution in [0.2, 0.25) is 5.02 Å². The molecule has 10 heteroatoms. The lowest BCUT2D eigenvalue weighted by Crippen LogP contribution is -2.30. The average Bonchev–Trinajstić information content (AvgIpc) is 2.87. The van der Waals surface area contributed by atoms with Gasteiger partial charge in [0.05, 0.1) is 22.9 Å². The molecule has 0 saturated carbocycles. The Morgan fingerprint density at radius 1 is 0.912 bits per heavy atom. The van der Waals surface area contributed by atoms with Crippen LogP contribution < -0.4 is 9.90 Å². The molecule has 0 unspecified atom stereocenters. The van der Waals surface area contributed by atoms with Crippen molar-refractivity contribution < 1.29 is 24.7 Å². The third kappa shape index (κ3) is 5.55. The highest BCUT2D eigenvalue weighted by molar-refractivity contribution is 6.42. The van der Waals surface area contributed by atoms with Gasteiger partial charge in [-0.05, 0) is 53.6 Å². The monoisotopic (exact) mass is 501 g/mol. The second kappa shape index (κ2) is 11.1. The fraction of sp³-hybridized carbons (Fsp3) is 0.125. The van der Waals surface area contributed by atoms with Crippen LogP contribution in [0.25, 0.3) is 11.1 Å². The number of benzene rings is 3. The molecule has 0 spiro atoms. The molecule has 0 bridgehead atoms. The number of nitrogens with one attached hydrogen (secondary N) is 1. The van der Waals surface area contributed by atoms with Crippen molar-refractivity contribution in [3.63, 3.8) is 0 Å². The molecule has 0 aliphatic rings. The van der Waals surface area contributed by atoms with E-state index in [1.54, 1.807) is 55.0 Å². The van der Waals surface area contributed by atoms with E-state index in [-0.39, 0.29) is 46.5 Å². The summed E-state index contributed by atoms with van der Waals surface area (Å²) in [6.45, 7) is -0.0949. The number of halogens is 2. The largest absolute Gasteiger partial charge is 0.395 e. The molecule has 176 valence electrons. The molecule has 0 fully saturated rings. The van der Waals surface area contributed by atoms with Crippen molar-refractivity contribution in [2.45, 2.75) is 0 Å². The maximum Gasteiger partial charge on any atom is 0.274 e. The van der Waals surface area contributed by atoms with Gasteiger partial charge >= 0.3 is 0 Å². The zero-order valence-electron chi connectivity index (χ0n) is 18.0. The highest BCUT2D eigenvalue weighted by Crippen LogP contribution is 2.31. The molecule has 3 amide bonds. The molecule has 0 aromatic heterocycles. The van der Waals surface area contributed by atoms with E-state index < -0.39 is 11.8 Å². The van der Waals surface area contributed by atoms with Gasteiger partial charge in [-0.3, -0.25) is 19.6 Å². The Morgan fingerprint density at radius 2 is 1.59 bits per heavy atom. The van der Waals surface area contributed by atoms with Gasteiger partial charge in [-0.15, -0.1) is 0 Å². The highest BCUT2D eigenvalue weighted by atomic mass is 35.5. The van der Waals surface area contributed by atoms with E-state index in [0.29, 0.717) is 11.1 Å². The fourth-order valence-corrected chi connectivity index (χ4v) is 3.63. The Morgan fingerprint density at radius 3 is 2.21 bits per heavy atom. The van der Waals surface area contributed by atoms with Gasteiger partial charge in [0.25, 0.3) is 17.7 Å². The molecule has 3 N–H and O–H groups in total. The van der Waals surface area contributed by atoms with Gasteiger partial charge in [-0.2, -0.15) is 0 Å². The van der Waals surface area contributed by atoms with Gasteiger partial charge in [0.2, 0.25) is 0 Å². The second-order valence-electron chi connectivity index (χ2n) is 7.30. The van der Waals surface area contributed by atoms with E-state index >= 15 is 0 Å². The topological polar surface area (TPSA) is 110 Å². The summed E-state index contributed by atoms with van der Waals surface area (Å²) in [6.07, 6.45) is 0. The number of hydrogen-bond donors (Lipinski definition) is 3. The number of aliphatic hydroxyl groups excluding tert-OH is 1. The molecule has 0 atom stereocenters. The smallest absolute Gasteiger partial charge is 0.274 e. The molecular weight excluding hydrogens is 481 g/mol. The number of amides is 3. The average molecular weight is 502 g/mol. The minimum Gasteiger partial charge on any atom is -0.395 e. The summed E-state index contributed by atoms with van der Waals surface area (Å²) in [4.78, 5) is 38.9. The number of nitrogens with zero attached hydrogens (tertiary/aromatic N) is 2. The Balaban J connectivity index is 2.07. The van der Waals surface area contributed by atoms with Crippen molar-refractivity contribution in [3.05, 3.63) is 88.4 Å². The van der Waals surface area contributed by atoms with E-state index in [2.05, 4.69) is 0 Å². The summed E-state index contributed by atoms with van der Waals surface area (Å²) in [5.74, 6) is -1.63. The summed E-state index contributed by atoms with van der Waals surface area (Å²) in [5.41, 5.74) is 3.62. The van der Waals surface area contributed by atoms with Gasteiger partial charge < -0.3 is 10.0 Å². The van der Waals surface area contributed by atoms with Crippen LogP contribution in [-0.4, -0.2) is 53.1 Å². The van der Waals surface area contributed by atoms with Gasteiger partial charge in [0.1, 0.15) is 0 Å². The molecule has 3 aromatic rings. The van der Waals surface area contributed by atoms with Crippen LogP contribution >= 0.6 is 23.4 Å². The van der Waals surface area contributed by atoms with E-state index in [9.17, 15) is 19.5 Å².